The second kappa shape index (κ2) is 7.92. The molecule has 0 aliphatic carbocycles. The van der Waals surface area contributed by atoms with Gasteiger partial charge in [0.2, 0.25) is 11.8 Å². The Morgan fingerprint density at radius 2 is 1.96 bits per heavy atom. The summed E-state index contributed by atoms with van der Waals surface area (Å²) in [6.45, 7) is 2.95. The summed E-state index contributed by atoms with van der Waals surface area (Å²) in [6.07, 6.45) is 1.09. The lowest BCUT2D eigenvalue weighted by Gasteiger charge is -2.27. The van der Waals surface area contributed by atoms with Crippen LogP contribution in [0.2, 0.25) is 0 Å². The third kappa shape index (κ3) is 4.03. The average Bonchev–Trinajstić information content (AvgIpc) is 3.08. The van der Waals surface area contributed by atoms with Gasteiger partial charge in [-0.2, -0.15) is 0 Å². The summed E-state index contributed by atoms with van der Waals surface area (Å²) in [7, 11) is 1.49. The Bertz CT molecular complexity index is 849. The molecule has 0 spiro atoms. The number of likely N-dealkylation sites (tertiary alicyclic amines) is 1. The summed E-state index contributed by atoms with van der Waals surface area (Å²) >= 11 is 0. The molecule has 0 radical (unpaired) electrons. The van der Waals surface area contributed by atoms with Crippen molar-refractivity contribution in [2.45, 2.75) is 19.8 Å². The molecule has 2 aromatic rings. The summed E-state index contributed by atoms with van der Waals surface area (Å²) < 4.78 is 4.94. The molecule has 1 unspecified atom stereocenters. The van der Waals surface area contributed by atoms with E-state index in [9.17, 15) is 9.59 Å². The van der Waals surface area contributed by atoms with Crippen LogP contribution in [0.1, 0.15) is 17.5 Å². The fourth-order valence-corrected chi connectivity index (χ4v) is 3.87. The standard InChI is InChI=1S/C22H26N2O3/c1-16-6-5-8-17(12-16)19-9-4-3-7-18(19)13-22(21(23)26)10-11-24(15-22)20(25)14-27-2/h3-9,12H,10-11,13-15H2,1-2H3,(H2,23,26). The summed E-state index contributed by atoms with van der Waals surface area (Å²) in [4.78, 5) is 26.3. The molecule has 142 valence electrons. The van der Waals surface area contributed by atoms with Gasteiger partial charge in [0.15, 0.2) is 0 Å². The van der Waals surface area contributed by atoms with E-state index in [2.05, 4.69) is 31.2 Å². The van der Waals surface area contributed by atoms with Crippen molar-refractivity contribution < 1.29 is 14.3 Å². The smallest absolute Gasteiger partial charge is 0.248 e. The van der Waals surface area contributed by atoms with E-state index in [1.165, 1.54) is 12.7 Å². The van der Waals surface area contributed by atoms with Crippen molar-refractivity contribution in [1.29, 1.82) is 0 Å². The van der Waals surface area contributed by atoms with Crippen LogP contribution < -0.4 is 5.73 Å². The first-order valence-electron chi connectivity index (χ1n) is 9.17. The Hall–Kier alpha value is -2.66. The molecule has 5 nitrogen and oxygen atoms in total. The van der Waals surface area contributed by atoms with Crippen molar-refractivity contribution in [3.8, 4) is 11.1 Å². The number of hydrogen-bond donors (Lipinski definition) is 1. The number of hydrogen-bond acceptors (Lipinski definition) is 3. The largest absolute Gasteiger partial charge is 0.375 e. The SMILES string of the molecule is COCC(=O)N1CCC(Cc2ccccc2-c2cccc(C)c2)(C(N)=O)C1. The first-order chi connectivity index (χ1) is 12.9. The van der Waals surface area contributed by atoms with E-state index in [0.29, 0.717) is 25.9 Å². The van der Waals surface area contributed by atoms with Crippen LogP contribution in [0.4, 0.5) is 0 Å². The number of nitrogens with zero attached hydrogens (tertiary/aromatic N) is 1. The van der Waals surface area contributed by atoms with E-state index < -0.39 is 5.41 Å². The molecule has 2 N–H and O–H groups in total. The minimum absolute atomic E-state index is 0.0225. The van der Waals surface area contributed by atoms with Crippen LogP contribution >= 0.6 is 0 Å². The van der Waals surface area contributed by atoms with Gasteiger partial charge in [0.25, 0.3) is 0 Å². The van der Waals surface area contributed by atoms with E-state index in [1.54, 1.807) is 4.90 Å². The topological polar surface area (TPSA) is 72.6 Å². The molecule has 0 saturated carbocycles. The molecule has 1 aliphatic heterocycles. The monoisotopic (exact) mass is 366 g/mol. The van der Waals surface area contributed by atoms with E-state index in [0.717, 1.165) is 16.7 Å². The van der Waals surface area contributed by atoms with Gasteiger partial charge in [0.05, 0.1) is 5.41 Å². The number of rotatable bonds is 6. The van der Waals surface area contributed by atoms with Crippen molar-refractivity contribution in [3.63, 3.8) is 0 Å². The molecule has 0 aromatic heterocycles. The Balaban J connectivity index is 1.91. The second-order valence-corrected chi connectivity index (χ2v) is 7.35. The molecule has 0 bridgehead atoms. The van der Waals surface area contributed by atoms with Crippen LogP contribution in [0, 0.1) is 12.3 Å². The predicted molar refractivity (Wildman–Crippen MR) is 105 cm³/mol. The zero-order chi connectivity index (χ0) is 19.4. The van der Waals surface area contributed by atoms with Crippen LogP contribution in [0.3, 0.4) is 0 Å². The number of nitrogens with two attached hydrogens (primary N) is 1. The maximum Gasteiger partial charge on any atom is 0.248 e. The first-order valence-corrected chi connectivity index (χ1v) is 9.17. The van der Waals surface area contributed by atoms with Crippen LogP contribution in [0.25, 0.3) is 11.1 Å². The molecule has 1 aliphatic rings. The van der Waals surface area contributed by atoms with Gasteiger partial charge < -0.3 is 15.4 Å². The third-order valence-electron chi connectivity index (χ3n) is 5.37. The average molecular weight is 366 g/mol. The summed E-state index contributed by atoms with van der Waals surface area (Å²) in [5, 5.41) is 0. The molecule has 3 rings (SSSR count). The number of aryl methyl sites for hydroxylation is 1. The lowest BCUT2D eigenvalue weighted by atomic mass is 9.78. The molecule has 2 aromatic carbocycles. The number of methoxy groups -OCH3 is 1. The zero-order valence-corrected chi connectivity index (χ0v) is 15.9. The molecule has 1 heterocycles. The fraction of sp³-hybridized carbons (Fsp3) is 0.364. The molecular weight excluding hydrogens is 340 g/mol. The lowest BCUT2D eigenvalue weighted by molar-refractivity contribution is -0.135. The predicted octanol–water partition coefficient (Wildman–Crippen LogP) is 2.55. The van der Waals surface area contributed by atoms with Crippen molar-refractivity contribution in [3.05, 3.63) is 59.7 Å². The van der Waals surface area contributed by atoms with Gasteiger partial charge in [-0.05, 0) is 36.5 Å². The van der Waals surface area contributed by atoms with Crippen LogP contribution in [0.5, 0.6) is 0 Å². The highest BCUT2D eigenvalue weighted by molar-refractivity contribution is 5.85. The Kier molecular flexibility index (Phi) is 5.61. The third-order valence-corrected chi connectivity index (χ3v) is 5.37. The highest BCUT2D eigenvalue weighted by Gasteiger charge is 2.45. The molecule has 5 heteroatoms. The molecule has 2 amide bonds. The number of primary amides is 1. The van der Waals surface area contributed by atoms with Crippen LogP contribution in [-0.4, -0.2) is 43.5 Å². The van der Waals surface area contributed by atoms with Crippen molar-refractivity contribution in [1.82, 2.24) is 4.90 Å². The van der Waals surface area contributed by atoms with Gasteiger partial charge >= 0.3 is 0 Å². The van der Waals surface area contributed by atoms with Gasteiger partial charge in [-0.3, -0.25) is 9.59 Å². The zero-order valence-electron chi connectivity index (χ0n) is 15.9. The Morgan fingerprint density at radius 1 is 1.19 bits per heavy atom. The van der Waals surface area contributed by atoms with Gasteiger partial charge in [0, 0.05) is 20.2 Å². The van der Waals surface area contributed by atoms with Crippen molar-refractivity contribution in [2.75, 3.05) is 26.8 Å². The van der Waals surface area contributed by atoms with E-state index in [1.807, 2.05) is 24.3 Å². The number of carbonyl (C=O) groups is 2. The Labute approximate surface area is 160 Å². The molecule has 27 heavy (non-hydrogen) atoms. The normalized spacial score (nSPS) is 19.3. The second-order valence-electron chi connectivity index (χ2n) is 7.35. The summed E-state index contributed by atoms with van der Waals surface area (Å²) in [5.41, 5.74) is 9.55. The fourth-order valence-electron chi connectivity index (χ4n) is 3.87. The highest BCUT2D eigenvalue weighted by Crippen LogP contribution is 2.37. The van der Waals surface area contributed by atoms with Crippen molar-refractivity contribution >= 4 is 11.8 Å². The van der Waals surface area contributed by atoms with Gasteiger partial charge in [-0.15, -0.1) is 0 Å². The number of amides is 2. The van der Waals surface area contributed by atoms with E-state index in [-0.39, 0.29) is 18.4 Å². The minimum Gasteiger partial charge on any atom is -0.375 e. The Morgan fingerprint density at radius 3 is 2.67 bits per heavy atom. The maximum absolute atomic E-state index is 12.4. The lowest BCUT2D eigenvalue weighted by Crippen LogP contribution is -2.43. The van der Waals surface area contributed by atoms with Gasteiger partial charge in [-0.25, -0.2) is 0 Å². The first kappa shape index (κ1) is 19.1. The van der Waals surface area contributed by atoms with E-state index >= 15 is 0 Å². The molecule has 1 fully saturated rings. The number of ether oxygens (including phenoxy) is 1. The summed E-state index contributed by atoms with van der Waals surface area (Å²) in [6, 6.07) is 16.4. The molecule has 1 saturated heterocycles. The summed E-state index contributed by atoms with van der Waals surface area (Å²) in [5.74, 6) is -0.457. The van der Waals surface area contributed by atoms with Crippen LogP contribution in [-0.2, 0) is 20.7 Å². The number of benzene rings is 2. The molecular formula is C22H26N2O3. The molecule has 1 atom stereocenters. The highest BCUT2D eigenvalue weighted by atomic mass is 16.5. The van der Waals surface area contributed by atoms with Gasteiger partial charge in [0.1, 0.15) is 6.61 Å². The van der Waals surface area contributed by atoms with Crippen molar-refractivity contribution in [2.24, 2.45) is 11.1 Å². The minimum atomic E-state index is -0.747. The van der Waals surface area contributed by atoms with Crippen LogP contribution in [0.15, 0.2) is 48.5 Å². The van der Waals surface area contributed by atoms with Gasteiger partial charge in [-0.1, -0.05) is 54.1 Å². The maximum atomic E-state index is 12.4. The number of carbonyl (C=O) groups excluding carboxylic acids is 2. The quantitative estimate of drug-likeness (QED) is 0.854. The van der Waals surface area contributed by atoms with E-state index in [4.69, 9.17) is 10.5 Å².